The van der Waals surface area contributed by atoms with Gasteiger partial charge in [-0.2, -0.15) is 0 Å². The number of nitrogens with one attached hydrogen (secondary N) is 3. The van der Waals surface area contributed by atoms with Crippen LogP contribution in [0.2, 0.25) is 0 Å². The maximum Gasteiger partial charge on any atom is 0.267 e. The Bertz CT molecular complexity index is 1120. The summed E-state index contributed by atoms with van der Waals surface area (Å²) in [6.45, 7) is 5.17. The first-order valence-corrected chi connectivity index (χ1v) is 13.5. The lowest BCUT2D eigenvalue weighted by Crippen LogP contribution is -2.46. The molecule has 0 aromatic carbocycles. The smallest absolute Gasteiger partial charge is 0.267 e. The average molecular weight is 490 g/mol. The van der Waals surface area contributed by atoms with Crippen LogP contribution >= 0.6 is 0 Å². The van der Waals surface area contributed by atoms with E-state index in [0.29, 0.717) is 35.7 Å². The molecule has 0 saturated heterocycles. The Hall–Kier alpha value is -2.43. The van der Waals surface area contributed by atoms with E-state index in [-0.39, 0.29) is 16.9 Å². The normalized spacial score (nSPS) is 21.4. The zero-order valence-corrected chi connectivity index (χ0v) is 21.2. The van der Waals surface area contributed by atoms with Gasteiger partial charge in [-0.3, -0.25) is 4.79 Å². The van der Waals surface area contributed by atoms with Crippen LogP contribution in [-0.4, -0.2) is 63.7 Å². The van der Waals surface area contributed by atoms with Crippen molar-refractivity contribution in [2.45, 2.75) is 64.5 Å². The zero-order chi connectivity index (χ0) is 24.5. The number of hydrogen-bond acceptors (Lipinski definition) is 7. The maximum absolute atomic E-state index is 13.6. The Balaban J connectivity index is 1.73. The molecular weight excluding hydrogens is 454 g/mol. The first-order valence-electron chi connectivity index (χ1n) is 12.0. The third-order valence-electron chi connectivity index (χ3n) is 6.66. The van der Waals surface area contributed by atoms with Crippen LogP contribution in [-0.2, 0) is 14.8 Å². The van der Waals surface area contributed by atoms with Gasteiger partial charge in [-0.05, 0) is 83.5 Å². The topological polar surface area (TPSA) is 117 Å². The minimum absolute atomic E-state index is 0.0554. The van der Waals surface area contributed by atoms with Crippen LogP contribution in [0.25, 0.3) is 5.57 Å². The molecule has 1 atom stereocenters. The van der Waals surface area contributed by atoms with Crippen molar-refractivity contribution in [2.75, 3.05) is 27.2 Å². The highest BCUT2D eigenvalue weighted by atomic mass is 32.2. The van der Waals surface area contributed by atoms with Gasteiger partial charge in [0, 0.05) is 18.2 Å². The van der Waals surface area contributed by atoms with E-state index in [2.05, 4.69) is 25.4 Å². The molecule has 0 bridgehead atoms. The van der Waals surface area contributed by atoms with Gasteiger partial charge in [0.05, 0.1) is 16.6 Å². The second-order valence-electron chi connectivity index (χ2n) is 9.66. The van der Waals surface area contributed by atoms with Crippen LogP contribution in [0.3, 0.4) is 0 Å². The number of sulfonamides is 1. The molecule has 2 aliphatic carbocycles. The van der Waals surface area contributed by atoms with Crippen molar-refractivity contribution in [2.24, 2.45) is 0 Å². The number of aromatic nitrogens is 1. The Kier molecular flexibility index (Phi) is 7.30. The summed E-state index contributed by atoms with van der Waals surface area (Å²) in [5.74, 6) is 0.410. The molecule has 2 heterocycles. The number of fused-ring (bicyclic) bond motifs is 1. The SMILES string of the molecule is Cc1noc(C)c1C1=CC(S(=O)(=O)NC2CCCC2)=C2C=C(NCCCN(C)C)C(=O)NC2C1. The van der Waals surface area contributed by atoms with E-state index in [1.807, 2.05) is 27.9 Å². The van der Waals surface area contributed by atoms with Crippen LogP contribution < -0.4 is 15.4 Å². The molecule has 0 radical (unpaired) electrons. The summed E-state index contributed by atoms with van der Waals surface area (Å²) in [5, 5.41) is 10.2. The molecule has 10 heteroatoms. The molecule has 3 aliphatic rings. The first kappa shape index (κ1) is 24.7. The molecule has 1 aromatic heterocycles. The fourth-order valence-electron chi connectivity index (χ4n) is 4.98. The lowest BCUT2D eigenvalue weighted by Gasteiger charge is -2.32. The highest BCUT2D eigenvalue weighted by Crippen LogP contribution is 2.38. The van der Waals surface area contributed by atoms with E-state index in [4.69, 9.17) is 4.52 Å². The molecule has 186 valence electrons. The monoisotopic (exact) mass is 489 g/mol. The number of carbonyl (C=O) groups is 1. The number of hydrogen-bond donors (Lipinski definition) is 3. The zero-order valence-electron chi connectivity index (χ0n) is 20.4. The molecule has 1 aromatic rings. The minimum atomic E-state index is -3.79. The van der Waals surface area contributed by atoms with Crippen LogP contribution in [0.4, 0.5) is 0 Å². The van der Waals surface area contributed by atoms with E-state index in [1.54, 1.807) is 12.2 Å². The van der Waals surface area contributed by atoms with E-state index in [9.17, 15) is 13.2 Å². The summed E-state index contributed by atoms with van der Waals surface area (Å²) >= 11 is 0. The van der Waals surface area contributed by atoms with Crippen molar-refractivity contribution in [3.05, 3.63) is 45.3 Å². The van der Waals surface area contributed by atoms with E-state index >= 15 is 0 Å². The van der Waals surface area contributed by atoms with Crippen molar-refractivity contribution in [1.29, 1.82) is 0 Å². The van der Waals surface area contributed by atoms with Crippen molar-refractivity contribution < 1.29 is 17.7 Å². The number of rotatable bonds is 9. The van der Waals surface area contributed by atoms with Crippen LogP contribution in [0, 0.1) is 13.8 Å². The summed E-state index contributed by atoms with van der Waals surface area (Å²) in [7, 11) is 0.211. The molecule has 4 rings (SSSR count). The minimum Gasteiger partial charge on any atom is -0.381 e. The molecule has 34 heavy (non-hydrogen) atoms. The molecule has 0 spiro atoms. The van der Waals surface area contributed by atoms with Crippen LogP contribution in [0.1, 0.15) is 55.5 Å². The fraction of sp³-hybridized carbons (Fsp3) is 0.583. The summed E-state index contributed by atoms with van der Waals surface area (Å²) in [5.41, 5.74) is 3.31. The number of nitrogens with zero attached hydrogens (tertiary/aromatic N) is 2. The Morgan fingerprint density at radius 1 is 1.21 bits per heavy atom. The van der Waals surface area contributed by atoms with Crippen molar-refractivity contribution in [1.82, 2.24) is 25.4 Å². The van der Waals surface area contributed by atoms with Gasteiger partial charge in [0.15, 0.2) is 0 Å². The third-order valence-corrected chi connectivity index (χ3v) is 8.23. The molecule has 1 saturated carbocycles. The first-order chi connectivity index (χ1) is 16.2. The highest BCUT2D eigenvalue weighted by molar-refractivity contribution is 7.93. The van der Waals surface area contributed by atoms with Crippen molar-refractivity contribution >= 4 is 21.5 Å². The number of allylic oxidation sites excluding steroid dienone is 1. The molecule has 9 nitrogen and oxygen atoms in total. The van der Waals surface area contributed by atoms with Gasteiger partial charge < -0.3 is 20.1 Å². The quantitative estimate of drug-likeness (QED) is 0.455. The van der Waals surface area contributed by atoms with Gasteiger partial charge in [0.2, 0.25) is 10.0 Å². The lowest BCUT2D eigenvalue weighted by molar-refractivity contribution is -0.118. The molecule has 3 N–H and O–H groups in total. The molecule has 1 aliphatic heterocycles. The number of amides is 1. The molecule has 1 fully saturated rings. The summed E-state index contributed by atoms with van der Waals surface area (Å²) in [6.07, 6.45) is 8.52. The van der Waals surface area contributed by atoms with Crippen LogP contribution in [0.5, 0.6) is 0 Å². The highest BCUT2D eigenvalue weighted by Gasteiger charge is 2.36. The largest absolute Gasteiger partial charge is 0.381 e. The Labute approximate surface area is 201 Å². The van der Waals surface area contributed by atoms with E-state index < -0.39 is 16.1 Å². The predicted molar refractivity (Wildman–Crippen MR) is 131 cm³/mol. The third kappa shape index (κ3) is 5.29. The molecule has 1 unspecified atom stereocenters. The van der Waals surface area contributed by atoms with Gasteiger partial charge in [0.1, 0.15) is 11.5 Å². The van der Waals surface area contributed by atoms with Crippen molar-refractivity contribution in [3.8, 4) is 0 Å². The Morgan fingerprint density at radius 2 is 1.94 bits per heavy atom. The van der Waals surface area contributed by atoms with Crippen LogP contribution in [0.15, 0.2) is 32.9 Å². The Morgan fingerprint density at radius 3 is 2.59 bits per heavy atom. The fourth-order valence-corrected chi connectivity index (χ4v) is 6.59. The van der Waals surface area contributed by atoms with Gasteiger partial charge in [0.25, 0.3) is 5.91 Å². The summed E-state index contributed by atoms with van der Waals surface area (Å²) in [6, 6.07) is -0.496. The molecular formula is C24H35N5O4S. The number of carbonyl (C=O) groups excluding carboxylic acids is 1. The standard InChI is InChI=1S/C24H35N5O4S/c1-15-23(16(2)33-27-15)17-12-20-19(14-21(24(30)26-20)25-10-7-11-29(3)4)22(13-17)34(31,32)28-18-8-5-6-9-18/h13-14,18,20,25,28H,5-12H2,1-4H3,(H,26,30). The summed E-state index contributed by atoms with van der Waals surface area (Å²) < 4.78 is 35.4. The second kappa shape index (κ2) is 10.1. The summed E-state index contributed by atoms with van der Waals surface area (Å²) in [4.78, 5) is 15.1. The van der Waals surface area contributed by atoms with E-state index in [1.165, 1.54) is 0 Å². The maximum atomic E-state index is 13.6. The second-order valence-corrected chi connectivity index (χ2v) is 11.3. The van der Waals surface area contributed by atoms with E-state index in [0.717, 1.165) is 49.8 Å². The predicted octanol–water partition coefficient (Wildman–Crippen LogP) is 2.12. The van der Waals surface area contributed by atoms with Gasteiger partial charge in [-0.15, -0.1) is 0 Å². The average Bonchev–Trinajstić information content (AvgIpc) is 3.39. The molecule has 1 amide bonds. The van der Waals surface area contributed by atoms with Crippen molar-refractivity contribution in [3.63, 3.8) is 0 Å². The van der Waals surface area contributed by atoms with Gasteiger partial charge >= 0.3 is 0 Å². The van der Waals surface area contributed by atoms with Gasteiger partial charge in [-0.25, -0.2) is 13.1 Å². The number of aryl methyl sites for hydroxylation is 2. The van der Waals surface area contributed by atoms with Gasteiger partial charge in [-0.1, -0.05) is 18.0 Å². The lowest BCUT2D eigenvalue weighted by atomic mass is 9.86.